The van der Waals surface area contributed by atoms with Gasteiger partial charge in [0.15, 0.2) is 11.6 Å². The third-order valence-electron chi connectivity index (χ3n) is 2.75. The van der Waals surface area contributed by atoms with Gasteiger partial charge in [0.2, 0.25) is 0 Å². The normalized spacial score (nSPS) is 11.1. The zero-order valence-corrected chi connectivity index (χ0v) is 11.9. The number of carboxylic acids is 1. The minimum atomic E-state index is -1.12. The number of ether oxygens (including phenoxy) is 1. The molecule has 0 spiro atoms. The third kappa shape index (κ3) is 3.69. The molecule has 0 aliphatic rings. The highest BCUT2D eigenvalue weighted by atomic mass is 19.1. The Balaban J connectivity index is 3.12. The van der Waals surface area contributed by atoms with Crippen molar-refractivity contribution in [1.29, 1.82) is 0 Å². The molecule has 1 aromatic carbocycles. The summed E-state index contributed by atoms with van der Waals surface area (Å²) >= 11 is 0. The van der Waals surface area contributed by atoms with Crippen LogP contribution in [0.25, 0.3) is 0 Å². The van der Waals surface area contributed by atoms with Crippen LogP contribution in [0.4, 0.5) is 4.39 Å². The van der Waals surface area contributed by atoms with Crippen LogP contribution in [0.1, 0.15) is 31.1 Å². The van der Waals surface area contributed by atoms with Crippen molar-refractivity contribution in [3.05, 3.63) is 29.6 Å². The van der Waals surface area contributed by atoms with Crippen LogP contribution < -0.4 is 4.74 Å². The monoisotopic (exact) mass is 283 g/mol. The number of aliphatic carboxylic acids is 1. The summed E-state index contributed by atoms with van der Waals surface area (Å²) in [5.74, 6) is -2.30. The zero-order valence-electron chi connectivity index (χ0n) is 11.9. The lowest BCUT2D eigenvalue weighted by Crippen LogP contribution is -2.48. The van der Waals surface area contributed by atoms with Crippen molar-refractivity contribution in [3.63, 3.8) is 0 Å². The van der Waals surface area contributed by atoms with Gasteiger partial charge in [-0.15, -0.1) is 0 Å². The summed E-state index contributed by atoms with van der Waals surface area (Å²) in [4.78, 5) is 24.4. The lowest BCUT2D eigenvalue weighted by Gasteiger charge is -2.34. The van der Waals surface area contributed by atoms with Gasteiger partial charge in [0.05, 0.1) is 7.11 Å². The smallest absolute Gasteiger partial charge is 0.323 e. The molecule has 6 heteroatoms. The Morgan fingerprint density at radius 1 is 1.35 bits per heavy atom. The Labute approximate surface area is 117 Å². The van der Waals surface area contributed by atoms with E-state index in [4.69, 9.17) is 9.84 Å². The first-order valence-electron chi connectivity index (χ1n) is 6.04. The topological polar surface area (TPSA) is 66.8 Å². The molecule has 0 radical (unpaired) electrons. The highest BCUT2D eigenvalue weighted by Crippen LogP contribution is 2.21. The molecule has 0 saturated heterocycles. The highest BCUT2D eigenvalue weighted by Gasteiger charge is 2.29. The van der Waals surface area contributed by atoms with Gasteiger partial charge in [0.1, 0.15) is 6.54 Å². The SMILES string of the molecule is COc1ccc(C(=O)N(CC(=O)O)C(C)(C)C)cc1F. The predicted molar refractivity (Wildman–Crippen MR) is 71.4 cm³/mol. The van der Waals surface area contributed by atoms with Gasteiger partial charge in [0.25, 0.3) is 5.91 Å². The average Bonchev–Trinajstić information content (AvgIpc) is 2.33. The van der Waals surface area contributed by atoms with Crippen LogP contribution >= 0.6 is 0 Å². The number of carbonyl (C=O) groups excluding carboxylic acids is 1. The molecule has 20 heavy (non-hydrogen) atoms. The minimum absolute atomic E-state index is 0.0297. The van der Waals surface area contributed by atoms with Gasteiger partial charge in [-0.05, 0) is 39.0 Å². The Morgan fingerprint density at radius 2 is 1.95 bits per heavy atom. The van der Waals surface area contributed by atoms with Crippen LogP contribution in [0, 0.1) is 5.82 Å². The number of hydrogen-bond donors (Lipinski definition) is 1. The van der Waals surface area contributed by atoms with Crippen molar-refractivity contribution in [2.45, 2.75) is 26.3 Å². The van der Waals surface area contributed by atoms with Crippen LogP contribution in [-0.2, 0) is 4.79 Å². The van der Waals surface area contributed by atoms with E-state index in [-0.39, 0.29) is 11.3 Å². The molecule has 1 rings (SSSR count). The van der Waals surface area contributed by atoms with E-state index < -0.39 is 29.8 Å². The van der Waals surface area contributed by atoms with Crippen molar-refractivity contribution >= 4 is 11.9 Å². The van der Waals surface area contributed by atoms with E-state index in [0.717, 1.165) is 6.07 Å². The molecule has 0 unspecified atom stereocenters. The number of rotatable bonds is 4. The molecule has 110 valence electrons. The summed E-state index contributed by atoms with van der Waals surface area (Å²) in [5, 5.41) is 8.89. The van der Waals surface area contributed by atoms with Crippen LogP contribution in [0.2, 0.25) is 0 Å². The van der Waals surface area contributed by atoms with E-state index >= 15 is 0 Å². The third-order valence-corrected chi connectivity index (χ3v) is 2.75. The van der Waals surface area contributed by atoms with Crippen molar-refractivity contribution in [2.24, 2.45) is 0 Å². The van der Waals surface area contributed by atoms with Crippen molar-refractivity contribution in [1.82, 2.24) is 4.90 Å². The average molecular weight is 283 g/mol. The van der Waals surface area contributed by atoms with Crippen LogP contribution in [0.5, 0.6) is 5.75 Å². The Bertz CT molecular complexity index is 522. The second-order valence-electron chi connectivity index (χ2n) is 5.31. The molecule has 0 fully saturated rings. The largest absolute Gasteiger partial charge is 0.494 e. The summed E-state index contributed by atoms with van der Waals surface area (Å²) < 4.78 is 18.4. The summed E-state index contributed by atoms with van der Waals surface area (Å²) in [6, 6.07) is 3.79. The molecule has 5 nitrogen and oxygen atoms in total. The van der Waals surface area contributed by atoms with E-state index in [1.807, 2.05) is 0 Å². The second kappa shape index (κ2) is 5.90. The number of nitrogens with zero attached hydrogens (tertiary/aromatic N) is 1. The van der Waals surface area contributed by atoms with Gasteiger partial charge in [-0.25, -0.2) is 4.39 Å². The summed E-state index contributed by atoms with van der Waals surface area (Å²) in [5.41, 5.74) is -0.606. The number of carboxylic acid groups (broad SMARTS) is 1. The van der Waals surface area contributed by atoms with Gasteiger partial charge in [-0.1, -0.05) is 0 Å². The van der Waals surface area contributed by atoms with Crippen molar-refractivity contribution in [3.8, 4) is 5.75 Å². The number of benzene rings is 1. The van der Waals surface area contributed by atoms with Crippen LogP contribution in [-0.4, -0.2) is 41.1 Å². The van der Waals surface area contributed by atoms with E-state index in [9.17, 15) is 14.0 Å². The first-order chi connectivity index (χ1) is 9.16. The van der Waals surface area contributed by atoms with Gasteiger partial charge in [-0.2, -0.15) is 0 Å². The summed E-state index contributed by atoms with van der Waals surface area (Å²) in [6.07, 6.45) is 0. The maximum absolute atomic E-state index is 13.6. The van der Waals surface area contributed by atoms with Gasteiger partial charge in [0, 0.05) is 11.1 Å². The zero-order chi connectivity index (χ0) is 15.5. The molecule has 0 bridgehead atoms. The number of hydrogen-bond acceptors (Lipinski definition) is 3. The standard InChI is InChI=1S/C14H18FNO4/c1-14(2,3)16(8-12(17)18)13(19)9-5-6-11(20-4)10(15)7-9/h5-7H,8H2,1-4H3,(H,17,18). The molecule has 0 heterocycles. The molecule has 0 atom stereocenters. The molecule has 0 aromatic heterocycles. The number of halogens is 1. The number of amides is 1. The maximum Gasteiger partial charge on any atom is 0.323 e. The van der Waals surface area contributed by atoms with Gasteiger partial charge < -0.3 is 14.7 Å². The molecule has 0 aliphatic heterocycles. The van der Waals surface area contributed by atoms with E-state index in [2.05, 4.69) is 0 Å². The number of carbonyl (C=O) groups is 2. The maximum atomic E-state index is 13.6. The van der Waals surface area contributed by atoms with E-state index in [0.29, 0.717) is 0 Å². The summed E-state index contributed by atoms with van der Waals surface area (Å²) in [7, 11) is 1.33. The molecule has 0 aliphatic carbocycles. The first-order valence-corrected chi connectivity index (χ1v) is 6.04. The number of methoxy groups -OCH3 is 1. The Morgan fingerprint density at radius 3 is 2.35 bits per heavy atom. The first kappa shape index (κ1) is 15.9. The van der Waals surface area contributed by atoms with Crippen LogP contribution in [0.3, 0.4) is 0 Å². The fraction of sp³-hybridized carbons (Fsp3) is 0.429. The second-order valence-corrected chi connectivity index (χ2v) is 5.31. The molecule has 0 saturated carbocycles. The van der Waals surface area contributed by atoms with Crippen molar-refractivity contribution < 1.29 is 23.8 Å². The lowest BCUT2D eigenvalue weighted by molar-refractivity contribution is -0.138. The molecular formula is C14H18FNO4. The fourth-order valence-electron chi connectivity index (χ4n) is 1.70. The lowest BCUT2D eigenvalue weighted by atomic mass is 10.0. The van der Waals surface area contributed by atoms with Gasteiger partial charge >= 0.3 is 5.97 Å². The van der Waals surface area contributed by atoms with E-state index in [1.54, 1.807) is 20.8 Å². The predicted octanol–water partition coefficient (Wildman–Crippen LogP) is 2.16. The molecule has 1 amide bonds. The Kier molecular flexibility index (Phi) is 4.70. The molecule has 1 N–H and O–H groups in total. The van der Waals surface area contributed by atoms with E-state index in [1.165, 1.54) is 24.1 Å². The fourth-order valence-corrected chi connectivity index (χ4v) is 1.70. The quantitative estimate of drug-likeness (QED) is 0.919. The Hall–Kier alpha value is -2.11. The van der Waals surface area contributed by atoms with Crippen LogP contribution in [0.15, 0.2) is 18.2 Å². The molecular weight excluding hydrogens is 265 g/mol. The minimum Gasteiger partial charge on any atom is -0.494 e. The van der Waals surface area contributed by atoms with Gasteiger partial charge in [-0.3, -0.25) is 9.59 Å². The highest BCUT2D eigenvalue weighted by molar-refractivity contribution is 5.96. The summed E-state index contributed by atoms with van der Waals surface area (Å²) in [6.45, 7) is 4.70. The van der Waals surface area contributed by atoms with Crippen molar-refractivity contribution in [2.75, 3.05) is 13.7 Å². The molecule has 1 aromatic rings.